The molecule has 0 fully saturated rings. The molecule has 0 aliphatic rings. The Morgan fingerprint density at radius 2 is 1.61 bits per heavy atom. The lowest BCUT2D eigenvalue weighted by molar-refractivity contribution is -0.114. The van der Waals surface area contributed by atoms with Gasteiger partial charge in [0.05, 0.1) is 7.11 Å². The summed E-state index contributed by atoms with van der Waals surface area (Å²) in [6, 6.07) is 15.7. The molecule has 3 aromatic rings. The van der Waals surface area contributed by atoms with Gasteiger partial charge in [0.2, 0.25) is 5.91 Å². The zero-order valence-corrected chi connectivity index (χ0v) is 15.4. The highest BCUT2D eigenvalue weighted by Crippen LogP contribution is 2.20. The lowest BCUT2D eigenvalue weighted by Crippen LogP contribution is -2.14. The third kappa shape index (κ3) is 5.04. The molecule has 0 saturated heterocycles. The molecule has 0 aliphatic heterocycles. The molecule has 0 spiro atoms. The number of nitrogens with zero attached hydrogens (tertiary/aromatic N) is 2. The largest absolute Gasteiger partial charge is 0.497 e. The van der Waals surface area contributed by atoms with Gasteiger partial charge >= 0.3 is 0 Å². The van der Waals surface area contributed by atoms with Gasteiger partial charge in [-0.05, 0) is 36.4 Å². The van der Waals surface area contributed by atoms with Crippen molar-refractivity contribution in [3.8, 4) is 5.75 Å². The number of carbonyl (C=O) groups excluding carboxylic acids is 2. The summed E-state index contributed by atoms with van der Waals surface area (Å²) in [6.07, 6.45) is 1.32. The molecule has 0 atom stereocenters. The highest BCUT2D eigenvalue weighted by molar-refractivity contribution is 6.03. The molecule has 28 heavy (non-hydrogen) atoms. The number of ether oxygens (including phenoxy) is 1. The van der Waals surface area contributed by atoms with Gasteiger partial charge in [-0.15, -0.1) is 0 Å². The van der Waals surface area contributed by atoms with Gasteiger partial charge in [-0.1, -0.05) is 6.07 Å². The number of nitrogens with one attached hydrogen (secondary N) is 3. The van der Waals surface area contributed by atoms with E-state index in [0.29, 0.717) is 22.9 Å². The fourth-order valence-corrected chi connectivity index (χ4v) is 2.43. The van der Waals surface area contributed by atoms with E-state index < -0.39 is 0 Å². The van der Waals surface area contributed by atoms with E-state index in [1.807, 2.05) is 24.3 Å². The predicted octanol–water partition coefficient (Wildman–Crippen LogP) is 3.44. The Bertz CT molecular complexity index is 989. The van der Waals surface area contributed by atoms with Gasteiger partial charge < -0.3 is 20.7 Å². The van der Waals surface area contributed by atoms with Crippen LogP contribution in [0.3, 0.4) is 0 Å². The van der Waals surface area contributed by atoms with Gasteiger partial charge in [0.15, 0.2) is 0 Å². The summed E-state index contributed by atoms with van der Waals surface area (Å²) < 4.78 is 5.19. The molecule has 3 rings (SSSR count). The maximum atomic E-state index is 12.5. The normalized spacial score (nSPS) is 10.1. The van der Waals surface area contributed by atoms with Gasteiger partial charge in [0.1, 0.15) is 23.6 Å². The molecule has 0 unspecified atom stereocenters. The molecule has 8 heteroatoms. The average molecular weight is 377 g/mol. The Labute approximate surface area is 162 Å². The highest BCUT2D eigenvalue weighted by Gasteiger charge is 2.10. The van der Waals surface area contributed by atoms with Gasteiger partial charge in [-0.2, -0.15) is 0 Å². The number of aromatic nitrogens is 2. The fraction of sp³-hybridized carbons (Fsp3) is 0.100. The Morgan fingerprint density at radius 1 is 0.893 bits per heavy atom. The van der Waals surface area contributed by atoms with Crippen LogP contribution in [0.2, 0.25) is 0 Å². The third-order valence-corrected chi connectivity index (χ3v) is 3.71. The van der Waals surface area contributed by atoms with Crippen LogP contribution < -0.4 is 20.7 Å². The minimum atomic E-state index is -0.372. The van der Waals surface area contributed by atoms with E-state index in [4.69, 9.17) is 4.74 Å². The second-order valence-corrected chi connectivity index (χ2v) is 5.86. The summed E-state index contributed by atoms with van der Waals surface area (Å²) in [6.45, 7) is 1.43. The molecule has 2 amide bonds. The average Bonchev–Trinajstić information content (AvgIpc) is 2.69. The van der Waals surface area contributed by atoms with Crippen molar-refractivity contribution in [2.24, 2.45) is 0 Å². The number of hydrogen-bond donors (Lipinski definition) is 3. The van der Waals surface area contributed by atoms with Crippen LogP contribution in [0, 0.1) is 0 Å². The Kier molecular flexibility index (Phi) is 5.81. The van der Waals surface area contributed by atoms with Gasteiger partial charge in [-0.3, -0.25) is 9.59 Å². The van der Waals surface area contributed by atoms with Crippen LogP contribution in [0.25, 0.3) is 0 Å². The van der Waals surface area contributed by atoms with Crippen molar-refractivity contribution in [1.82, 2.24) is 9.97 Å². The molecule has 3 N–H and O–H groups in total. The summed E-state index contributed by atoms with van der Waals surface area (Å²) in [7, 11) is 1.59. The number of carbonyl (C=O) groups is 2. The van der Waals surface area contributed by atoms with Crippen LogP contribution in [0.15, 0.2) is 60.9 Å². The summed E-state index contributed by atoms with van der Waals surface area (Å²) in [5.41, 5.74) is 2.22. The number of amides is 2. The minimum absolute atomic E-state index is 0.158. The van der Waals surface area contributed by atoms with Gasteiger partial charge in [0, 0.05) is 36.1 Å². The standard InChI is InChI=1S/C20H19N5O3/c1-13(26)23-14-6-8-15(9-7-14)25-20(27)18-11-19(22-12-21-18)24-16-4-3-5-17(10-16)28-2/h3-12H,1-2H3,(H,23,26)(H,25,27)(H,21,22,24). The predicted molar refractivity (Wildman–Crippen MR) is 107 cm³/mol. The van der Waals surface area contributed by atoms with Gasteiger partial charge in [0.25, 0.3) is 5.91 Å². The molecule has 2 aromatic carbocycles. The van der Waals surface area contributed by atoms with E-state index in [-0.39, 0.29) is 17.5 Å². The van der Waals surface area contributed by atoms with Crippen molar-refractivity contribution in [3.63, 3.8) is 0 Å². The van der Waals surface area contributed by atoms with Crippen LogP contribution in [-0.4, -0.2) is 28.9 Å². The van der Waals surface area contributed by atoms with Crippen LogP contribution in [-0.2, 0) is 4.79 Å². The Hall–Kier alpha value is -3.94. The van der Waals surface area contributed by atoms with Crippen LogP contribution in [0.5, 0.6) is 5.75 Å². The highest BCUT2D eigenvalue weighted by atomic mass is 16.5. The number of hydrogen-bond acceptors (Lipinski definition) is 6. The molecule has 8 nitrogen and oxygen atoms in total. The van der Waals surface area contributed by atoms with E-state index in [1.165, 1.54) is 13.3 Å². The van der Waals surface area contributed by atoms with E-state index in [2.05, 4.69) is 25.9 Å². The molecule has 1 aromatic heterocycles. The van der Waals surface area contributed by atoms with Crippen LogP contribution in [0.1, 0.15) is 17.4 Å². The topological polar surface area (TPSA) is 105 Å². The molecular weight excluding hydrogens is 358 g/mol. The second-order valence-electron chi connectivity index (χ2n) is 5.86. The Balaban J connectivity index is 1.68. The van der Waals surface area contributed by atoms with Crippen LogP contribution in [0.4, 0.5) is 22.9 Å². The first-order chi connectivity index (χ1) is 13.5. The smallest absolute Gasteiger partial charge is 0.274 e. The SMILES string of the molecule is COc1cccc(Nc2cc(C(=O)Nc3ccc(NC(C)=O)cc3)ncn2)c1. The molecule has 0 radical (unpaired) electrons. The van der Waals surface area contributed by atoms with Crippen molar-refractivity contribution in [2.45, 2.75) is 6.92 Å². The number of rotatable bonds is 6. The molecule has 0 saturated carbocycles. The van der Waals surface area contributed by atoms with E-state index in [0.717, 1.165) is 5.69 Å². The minimum Gasteiger partial charge on any atom is -0.497 e. The molecule has 0 aliphatic carbocycles. The van der Waals surface area contributed by atoms with Crippen molar-refractivity contribution in [2.75, 3.05) is 23.1 Å². The fourth-order valence-electron chi connectivity index (χ4n) is 2.43. The first-order valence-corrected chi connectivity index (χ1v) is 8.45. The van der Waals surface area contributed by atoms with E-state index >= 15 is 0 Å². The first kappa shape index (κ1) is 18.8. The van der Waals surface area contributed by atoms with Gasteiger partial charge in [-0.25, -0.2) is 9.97 Å². The number of methoxy groups -OCH3 is 1. The zero-order valence-electron chi connectivity index (χ0n) is 15.4. The third-order valence-electron chi connectivity index (χ3n) is 3.71. The number of anilines is 4. The summed E-state index contributed by atoms with van der Waals surface area (Å²) in [5.74, 6) is 0.659. The molecule has 142 valence electrons. The van der Waals surface area contributed by atoms with Crippen molar-refractivity contribution in [3.05, 3.63) is 66.6 Å². The Morgan fingerprint density at radius 3 is 2.29 bits per heavy atom. The monoisotopic (exact) mass is 377 g/mol. The van der Waals surface area contributed by atoms with Crippen molar-refractivity contribution >= 4 is 34.7 Å². The zero-order chi connectivity index (χ0) is 19.9. The molecule has 1 heterocycles. The maximum Gasteiger partial charge on any atom is 0.274 e. The molecular formula is C20H19N5O3. The quantitative estimate of drug-likeness (QED) is 0.608. The van der Waals surface area contributed by atoms with Crippen molar-refractivity contribution < 1.29 is 14.3 Å². The lowest BCUT2D eigenvalue weighted by Gasteiger charge is -2.09. The van der Waals surface area contributed by atoms with E-state index in [1.54, 1.807) is 37.4 Å². The molecule has 0 bridgehead atoms. The second kappa shape index (κ2) is 8.63. The number of benzene rings is 2. The summed E-state index contributed by atoms with van der Waals surface area (Å²) in [5, 5.41) is 8.54. The lowest BCUT2D eigenvalue weighted by atomic mass is 10.2. The van der Waals surface area contributed by atoms with Crippen LogP contribution >= 0.6 is 0 Å². The maximum absolute atomic E-state index is 12.5. The van der Waals surface area contributed by atoms with Crippen molar-refractivity contribution in [1.29, 1.82) is 0 Å². The summed E-state index contributed by atoms with van der Waals surface area (Å²) in [4.78, 5) is 31.7. The van der Waals surface area contributed by atoms with E-state index in [9.17, 15) is 9.59 Å². The first-order valence-electron chi connectivity index (χ1n) is 8.45. The summed E-state index contributed by atoms with van der Waals surface area (Å²) >= 11 is 0.